The van der Waals surface area contributed by atoms with Crippen LogP contribution < -0.4 is 10.2 Å². The Balaban J connectivity index is 1.61. The number of nitrogens with one attached hydrogen (secondary N) is 1. The van der Waals surface area contributed by atoms with E-state index >= 15 is 0 Å². The molecule has 0 bridgehead atoms. The van der Waals surface area contributed by atoms with Gasteiger partial charge in [0.1, 0.15) is 11.5 Å². The van der Waals surface area contributed by atoms with Crippen molar-refractivity contribution < 1.29 is 14.6 Å². The van der Waals surface area contributed by atoms with Gasteiger partial charge in [0.25, 0.3) is 5.91 Å². The van der Waals surface area contributed by atoms with E-state index in [9.17, 15) is 9.90 Å². The number of amides is 1. The molecule has 0 saturated heterocycles. The molecule has 3 aromatic rings. The van der Waals surface area contributed by atoms with Crippen LogP contribution in [0, 0.1) is 0 Å². The van der Waals surface area contributed by atoms with Crippen LogP contribution in [0.3, 0.4) is 0 Å². The van der Waals surface area contributed by atoms with Crippen LogP contribution in [0.5, 0.6) is 11.5 Å². The highest BCUT2D eigenvalue weighted by Crippen LogP contribution is 2.22. The number of fused-ring (bicyclic) bond motifs is 1. The monoisotopic (exact) mass is 374 g/mol. The van der Waals surface area contributed by atoms with Crippen molar-refractivity contribution in [2.75, 3.05) is 0 Å². The molecular weight excluding hydrogens is 352 g/mol. The SMILES string of the molecule is C=CCc1cccc(/C=N\NC(=O)[C@H](C)Oc2ccc3ccccc3c2)c1O. The molecule has 5 heteroatoms. The topological polar surface area (TPSA) is 70.9 Å². The van der Waals surface area contributed by atoms with E-state index in [4.69, 9.17) is 4.74 Å². The van der Waals surface area contributed by atoms with E-state index in [0.717, 1.165) is 16.3 Å². The van der Waals surface area contributed by atoms with Crippen LogP contribution in [0.1, 0.15) is 18.1 Å². The summed E-state index contributed by atoms with van der Waals surface area (Å²) in [6, 6.07) is 19.0. The van der Waals surface area contributed by atoms with E-state index in [2.05, 4.69) is 17.1 Å². The Kier molecular flexibility index (Phi) is 6.07. The lowest BCUT2D eigenvalue weighted by atomic mass is 10.1. The molecule has 3 rings (SSSR count). The predicted molar refractivity (Wildman–Crippen MR) is 112 cm³/mol. The molecule has 1 atom stereocenters. The molecule has 0 radical (unpaired) electrons. The van der Waals surface area contributed by atoms with Gasteiger partial charge in [0.05, 0.1) is 6.21 Å². The Hall–Kier alpha value is -3.60. The van der Waals surface area contributed by atoms with Crippen molar-refractivity contribution in [2.45, 2.75) is 19.4 Å². The molecule has 0 saturated carbocycles. The van der Waals surface area contributed by atoms with E-state index in [1.165, 1.54) is 6.21 Å². The van der Waals surface area contributed by atoms with Crippen LogP contribution >= 0.6 is 0 Å². The van der Waals surface area contributed by atoms with Crippen molar-refractivity contribution in [1.29, 1.82) is 0 Å². The summed E-state index contributed by atoms with van der Waals surface area (Å²) in [6.45, 7) is 5.32. The summed E-state index contributed by atoms with van der Waals surface area (Å²) in [5, 5.41) is 16.3. The zero-order valence-electron chi connectivity index (χ0n) is 15.6. The summed E-state index contributed by atoms with van der Waals surface area (Å²) in [5.74, 6) is 0.354. The number of allylic oxidation sites excluding steroid dienone is 1. The van der Waals surface area contributed by atoms with Crippen LogP contribution in [0.15, 0.2) is 78.4 Å². The number of aromatic hydroxyl groups is 1. The third kappa shape index (κ3) is 4.57. The number of hydrazone groups is 1. The second-order valence-electron chi connectivity index (χ2n) is 6.35. The summed E-state index contributed by atoms with van der Waals surface area (Å²) >= 11 is 0. The second kappa shape index (κ2) is 8.86. The Bertz CT molecular complexity index is 1030. The molecule has 0 aliphatic rings. The van der Waals surface area contributed by atoms with Crippen molar-refractivity contribution in [3.05, 3.63) is 84.4 Å². The first-order chi connectivity index (χ1) is 13.6. The van der Waals surface area contributed by atoms with E-state index in [1.54, 1.807) is 19.1 Å². The fraction of sp³-hybridized carbons (Fsp3) is 0.130. The number of ether oxygens (including phenoxy) is 1. The van der Waals surface area contributed by atoms with Gasteiger partial charge in [-0.25, -0.2) is 5.43 Å². The summed E-state index contributed by atoms with van der Waals surface area (Å²) in [5.41, 5.74) is 3.71. The van der Waals surface area contributed by atoms with Crippen molar-refractivity contribution in [2.24, 2.45) is 5.10 Å². The van der Waals surface area contributed by atoms with Crippen molar-refractivity contribution in [3.8, 4) is 11.5 Å². The highest BCUT2D eigenvalue weighted by molar-refractivity contribution is 5.87. The molecule has 0 aliphatic carbocycles. The predicted octanol–water partition coefficient (Wildman–Crippen LogP) is 4.19. The van der Waals surface area contributed by atoms with E-state index in [0.29, 0.717) is 17.7 Å². The number of benzene rings is 3. The molecule has 0 aromatic heterocycles. The molecule has 0 spiro atoms. The number of hydrogen-bond donors (Lipinski definition) is 2. The minimum absolute atomic E-state index is 0.126. The van der Waals surface area contributed by atoms with Gasteiger partial charge in [0.15, 0.2) is 6.10 Å². The van der Waals surface area contributed by atoms with Gasteiger partial charge in [-0.3, -0.25) is 4.79 Å². The first kappa shape index (κ1) is 19.2. The first-order valence-electron chi connectivity index (χ1n) is 8.98. The number of phenolic OH excluding ortho intramolecular Hbond substituents is 1. The third-order valence-electron chi connectivity index (χ3n) is 4.30. The molecule has 1 amide bonds. The van der Waals surface area contributed by atoms with Gasteiger partial charge in [-0.1, -0.05) is 48.5 Å². The van der Waals surface area contributed by atoms with Crippen LogP contribution in [-0.4, -0.2) is 23.3 Å². The third-order valence-corrected chi connectivity index (χ3v) is 4.30. The van der Waals surface area contributed by atoms with E-state index < -0.39 is 6.10 Å². The summed E-state index contributed by atoms with van der Waals surface area (Å²) in [6.07, 6.45) is 2.95. The van der Waals surface area contributed by atoms with Crippen molar-refractivity contribution >= 4 is 22.9 Å². The van der Waals surface area contributed by atoms with Crippen LogP contribution in [0.25, 0.3) is 10.8 Å². The Morgan fingerprint density at radius 2 is 1.96 bits per heavy atom. The molecule has 3 aromatic carbocycles. The van der Waals surface area contributed by atoms with Gasteiger partial charge < -0.3 is 9.84 Å². The van der Waals surface area contributed by atoms with Gasteiger partial charge in [-0.2, -0.15) is 5.10 Å². The second-order valence-corrected chi connectivity index (χ2v) is 6.35. The lowest BCUT2D eigenvalue weighted by molar-refractivity contribution is -0.127. The highest BCUT2D eigenvalue weighted by atomic mass is 16.5. The average Bonchev–Trinajstić information content (AvgIpc) is 2.70. The Morgan fingerprint density at radius 3 is 2.75 bits per heavy atom. The van der Waals surface area contributed by atoms with Crippen LogP contribution in [-0.2, 0) is 11.2 Å². The highest BCUT2D eigenvalue weighted by Gasteiger charge is 2.14. The molecule has 2 N–H and O–H groups in total. The molecule has 5 nitrogen and oxygen atoms in total. The first-order valence-corrected chi connectivity index (χ1v) is 8.98. The molecular formula is C23H22N2O3. The number of carbonyl (C=O) groups is 1. The summed E-state index contributed by atoms with van der Waals surface area (Å²) in [4.78, 5) is 12.2. The maximum absolute atomic E-state index is 12.2. The minimum atomic E-state index is -0.723. The normalized spacial score (nSPS) is 12.0. The maximum Gasteiger partial charge on any atom is 0.280 e. The zero-order valence-corrected chi connectivity index (χ0v) is 15.6. The number of para-hydroxylation sites is 1. The number of hydrogen-bond acceptors (Lipinski definition) is 4. The summed E-state index contributed by atoms with van der Waals surface area (Å²) in [7, 11) is 0. The molecule has 28 heavy (non-hydrogen) atoms. The summed E-state index contributed by atoms with van der Waals surface area (Å²) < 4.78 is 5.72. The standard InChI is InChI=1S/C23H22N2O3/c1-3-7-18-10-6-11-20(22(18)26)15-24-25-23(27)16(2)28-21-13-12-17-8-4-5-9-19(17)14-21/h3-6,8-16,26H,1,7H2,2H3,(H,25,27)/b24-15-/t16-/m0/s1. The number of rotatable bonds is 7. The van der Waals surface area contributed by atoms with Crippen molar-refractivity contribution in [1.82, 2.24) is 5.43 Å². The fourth-order valence-electron chi connectivity index (χ4n) is 2.79. The molecule has 0 heterocycles. The fourth-order valence-corrected chi connectivity index (χ4v) is 2.79. The van der Waals surface area contributed by atoms with E-state index in [1.807, 2.05) is 54.6 Å². The van der Waals surface area contributed by atoms with Crippen molar-refractivity contribution in [3.63, 3.8) is 0 Å². The minimum Gasteiger partial charge on any atom is -0.507 e. The average molecular weight is 374 g/mol. The zero-order chi connectivity index (χ0) is 19.9. The van der Waals surface area contributed by atoms with Gasteiger partial charge in [0.2, 0.25) is 0 Å². The number of phenols is 1. The molecule has 0 aliphatic heterocycles. The van der Waals surface area contributed by atoms with Gasteiger partial charge in [-0.05, 0) is 47.9 Å². The smallest absolute Gasteiger partial charge is 0.280 e. The van der Waals surface area contributed by atoms with Crippen LogP contribution in [0.2, 0.25) is 0 Å². The lowest BCUT2D eigenvalue weighted by Crippen LogP contribution is -2.33. The quantitative estimate of drug-likeness (QED) is 0.370. The van der Waals surface area contributed by atoms with Crippen LogP contribution in [0.4, 0.5) is 0 Å². The lowest BCUT2D eigenvalue weighted by Gasteiger charge is -2.13. The Labute approximate surface area is 164 Å². The molecule has 0 fully saturated rings. The van der Waals surface area contributed by atoms with Gasteiger partial charge in [-0.15, -0.1) is 6.58 Å². The molecule has 142 valence electrons. The Morgan fingerprint density at radius 1 is 1.18 bits per heavy atom. The van der Waals surface area contributed by atoms with E-state index in [-0.39, 0.29) is 11.7 Å². The van der Waals surface area contributed by atoms with Gasteiger partial charge in [0, 0.05) is 5.56 Å². The number of carbonyl (C=O) groups excluding carboxylic acids is 1. The maximum atomic E-state index is 12.2. The van der Waals surface area contributed by atoms with Gasteiger partial charge >= 0.3 is 0 Å². The molecule has 0 unspecified atom stereocenters. The number of nitrogens with zero attached hydrogens (tertiary/aromatic N) is 1. The largest absolute Gasteiger partial charge is 0.507 e.